The summed E-state index contributed by atoms with van der Waals surface area (Å²) in [5, 5.41) is 1.34. The molecule has 2 aromatic carbocycles. The van der Waals surface area contributed by atoms with Gasteiger partial charge in [0.05, 0.1) is 24.1 Å². The summed E-state index contributed by atoms with van der Waals surface area (Å²) in [6.07, 6.45) is 1.59. The van der Waals surface area contributed by atoms with E-state index < -0.39 is 0 Å². The van der Waals surface area contributed by atoms with Crippen LogP contribution in [0.25, 0.3) is 33.3 Å². The van der Waals surface area contributed by atoms with Gasteiger partial charge in [-0.2, -0.15) is 0 Å². The largest absolute Gasteiger partial charge is 0.497 e. The van der Waals surface area contributed by atoms with Gasteiger partial charge in [0.15, 0.2) is 5.43 Å². The highest BCUT2D eigenvalue weighted by Gasteiger charge is 2.11. The van der Waals surface area contributed by atoms with Crippen molar-refractivity contribution in [3.8, 4) is 17.1 Å². The first-order valence-electron chi connectivity index (χ1n) is 6.85. The van der Waals surface area contributed by atoms with Gasteiger partial charge >= 0.3 is 0 Å². The van der Waals surface area contributed by atoms with E-state index in [1.54, 1.807) is 31.6 Å². The highest BCUT2D eigenvalue weighted by Crippen LogP contribution is 2.29. The molecule has 4 rings (SSSR count). The van der Waals surface area contributed by atoms with Crippen LogP contribution in [0, 0.1) is 0 Å². The number of fused-ring (bicyclic) bond motifs is 3. The Labute approximate surface area is 125 Å². The van der Waals surface area contributed by atoms with Gasteiger partial charge in [-0.25, -0.2) is 0 Å². The van der Waals surface area contributed by atoms with Gasteiger partial charge in [-0.1, -0.05) is 0 Å². The highest BCUT2D eigenvalue weighted by molar-refractivity contribution is 6.02. The van der Waals surface area contributed by atoms with Crippen molar-refractivity contribution in [3.05, 3.63) is 65.0 Å². The predicted molar refractivity (Wildman–Crippen MR) is 84.2 cm³/mol. The molecule has 4 heteroatoms. The number of methoxy groups -OCH3 is 1. The van der Waals surface area contributed by atoms with Crippen LogP contribution in [0.15, 0.2) is 68.4 Å². The maximum atomic E-state index is 12.3. The first kappa shape index (κ1) is 12.7. The average Bonchev–Trinajstić information content (AvgIpc) is 3.04. The minimum Gasteiger partial charge on any atom is -0.497 e. The number of rotatable bonds is 2. The first-order valence-corrected chi connectivity index (χ1v) is 6.85. The summed E-state index contributed by atoms with van der Waals surface area (Å²) in [7, 11) is 1.61. The minimum atomic E-state index is -0.0739. The molecule has 0 N–H and O–H groups in total. The molecule has 22 heavy (non-hydrogen) atoms. The highest BCUT2D eigenvalue weighted by atomic mass is 16.5. The van der Waals surface area contributed by atoms with Crippen LogP contribution < -0.4 is 10.2 Å². The van der Waals surface area contributed by atoms with Crippen molar-refractivity contribution < 1.29 is 13.6 Å². The molecular formula is C18H12O4. The van der Waals surface area contributed by atoms with E-state index in [1.165, 1.54) is 6.07 Å². The predicted octanol–water partition coefficient (Wildman–Crippen LogP) is 4.21. The van der Waals surface area contributed by atoms with Crippen molar-refractivity contribution in [3.63, 3.8) is 0 Å². The third-order valence-corrected chi connectivity index (χ3v) is 3.70. The standard InChI is InChI=1S/C18H12O4/c1-20-12-4-2-11(3-5-12)17-10-15(19)13-6-7-16-14(8-9-21-16)18(13)22-17/h2-10H,1H3. The minimum absolute atomic E-state index is 0.0739. The lowest BCUT2D eigenvalue weighted by Gasteiger charge is -2.05. The monoisotopic (exact) mass is 292 g/mol. The van der Waals surface area contributed by atoms with Crippen LogP contribution in [-0.4, -0.2) is 7.11 Å². The SMILES string of the molecule is COc1ccc(-c2cc(=O)c3ccc4occc4c3o2)cc1. The van der Waals surface area contributed by atoms with Crippen molar-refractivity contribution in [2.75, 3.05) is 7.11 Å². The molecule has 0 atom stereocenters. The van der Waals surface area contributed by atoms with Gasteiger partial charge < -0.3 is 13.6 Å². The molecule has 0 fully saturated rings. The lowest BCUT2D eigenvalue weighted by molar-refractivity contribution is 0.415. The van der Waals surface area contributed by atoms with Crippen molar-refractivity contribution in [1.82, 2.24) is 0 Å². The Kier molecular flexibility index (Phi) is 2.76. The Bertz CT molecular complexity index is 1020. The Morgan fingerprint density at radius 2 is 1.77 bits per heavy atom. The Balaban J connectivity index is 1.99. The quantitative estimate of drug-likeness (QED) is 0.555. The second-order valence-corrected chi connectivity index (χ2v) is 4.98. The molecule has 0 amide bonds. The van der Waals surface area contributed by atoms with E-state index in [1.807, 2.05) is 24.3 Å². The van der Waals surface area contributed by atoms with Gasteiger partial charge in [0.1, 0.15) is 22.7 Å². The molecule has 0 aliphatic carbocycles. The summed E-state index contributed by atoms with van der Waals surface area (Å²) in [6.45, 7) is 0. The fraction of sp³-hybridized carbons (Fsp3) is 0.0556. The van der Waals surface area contributed by atoms with Crippen LogP contribution in [-0.2, 0) is 0 Å². The third kappa shape index (κ3) is 1.89. The van der Waals surface area contributed by atoms with Crippen LogP contribution in [0.3, 0.4) is 0 Å². The van der Waals surface area contributed by atoms with E-state index in [2.05, 4.69) is 0 Å². The first-order chi connectivity index (χ1) is 10.8. The zero-order valence-electron chi connectivity index (χ0n) is 11.8. The van der Waals surface area contributed by atoms with Gasteiger partial charge in [0.2, 0.25) is 0 Å². The number of ether oxygens (including phenoxy) is 1. The zero-order valence-corrected chi connectivity index (χ0v) is 11.8. The molecule has 2 heterocycles. The summed E-state index contributed by atoms with van der Waals surface area (Å²) in [5.41, 5.74) is 1.99. The molecule has 2 aromatic heterocycles. The molecule has 108 valence electrons. The number of benzene rings is 2. The van der Waals surface area contributed by atoms with Crippen LogP contribution in [0.4, 0.5) is 0 Å². The maximum absolute atomic E-state index is 12.3. The summed E-state index contributed by atoms with van der Waals surface area (Å²) in [4.78, 5) is 12.3. The molecule has 0 bridgehead atoms. The third-order valence-electron chi connectivity index (χ3n) is 3.70. The van der Waals surface area contributed by atoms with Gasteiger partial charge in [0, 0.05) is 11.6 Å². The molecule has 0 unspecified atom stereocenters. The number of hydrogen-bond donors (Lipinski definition) is 0. The molecule has 0 radical (unpaired) electrons. The zero-order chi connectivity index (χ0) is 15.1. The van der Waals surface area contributed by atoms with Crippen LogP contribution in [0.2, 0.25) is 0 Å². The average molecular weight is 292 g/mol. The van der Waals surface area contributed by atoms with Crippen LogP contribution in [0.5, 0.6) is 5.75 Å². The summed E-state index contributed by atoms with van der Waals surface area (Å²) in [5.74, 6) is 1.28. The Morgan fingerprint density at radius 1 is 0.955 bits per heavy atom. The molecule has 4 aromatic rings. The lowest BCUT2D eigenvalue weighted by atomic mass is 10.1. The van der Waals surface area contributed by atoms with Gasteiger partial charge in [0.25, 0.3) is 0 Å². The molecule has 0 saturated carbocycles. The maximum Gasteiger partial charge on any atom is 0.193 e. The fourth-order valence-electron chi connectivity index (χ4n) is 2.56. The van der Waals surface area contributed by atoms with Crippen LogP contribution in [0.1, 0.15) is 0 Å². The Morgan fingerprint density at radius 3 is 2.55 bits per heavy atom. The Hall–Kier alpha value is -3.01. The van der Waals surface area contributed by atoms with Crippen LogP contribution >= 0.6 is 0 Å². The van der Waals surface area contributed by atoms with Crippen molar-refractivity contribution in [2.24, 2.45) is 0 Å². The van der Waals surface area contributed by atoms with E-state index in [9.17, 15) is 4.79 Å². The van der Waals surface area contributed by atoms with E-state index in [0.717, 1.165) is 16.7 Å². The lowest BCUT2D eigenvalue weighted by Crippen LogP contribution is -2.00. The van der Waals surface area contributed by atoms with Crippen molar-refractivity contribution in [1.29, 1.82) is 0 Å². The summed E-state index contributed by atoms with van der Waals surface area (Å²) in [6, 6.07) is 14.2. The molecule has 0 aliphatic heterocycles. The van der Waals surface area contributed by atoms with E-state index in [4.69, 9.17) is 13.6 Å². The fourth-order valence-corrected chi connectivity index (χ4v) is 2.56. The smallest absolute Gasteiger partial charge is 0.193 e. The topological polar surface area (TPSA) is 52.6 Å². The van der Waals surface area contributed by atoms with Gasteiger partial charge in [-0.05, 0) is 42.5 Å². The molecule has 0 saturated heterocycles. The number of hydrogen-bond acceptors (Lipinski definition) is 4. The second kappa shape index (κ2) is 4.77. The van der Waals surface area contributed by atoms with Gasteiger partial charge in [-0.3, -0.25) is 4.79 Å². The molecular weight excluding hydrogens is 280 g/mol. The molecule has 0 aliphatic rings. The molecule has 0 spiro atoms. The number of furan rings is 1. The normalized spacial score (nSPS) is 11.1. The van der Waals surface area contributed by atoms with Crippen molar-refractivity contribution in [2.45, 2.75) is 0 Å². The summed E-state index contributed by atoms with van der Waals surface area (Å²) < 4.78 is 16.5. The van der Waals surface area contributed by atoms with Gasteiger partial charge in [-0.15, -0.1) is 0 Å². The van der Waals surface area contributed by atoms with E-state index in [0.29, 0.717) is 22.3 Å². The van der Waals surface area contributed by atoms with Crippen molar-refractivity contribution >= 4 is 21.9 Å². The van der Waals surface area contributed by atoms with E-state index in [-0.39, 0.29) is 5.43 Å². The van der Waals surface area contributed by atoms with E-state index >= 15 is 0 Å². The second-order valence-electron chi connectivity index (χ2n) is 4.98. The molecule has 4 nitrogen and oxygen atoms in total. The summed E-state index contributed by atoms with van der Waals surface area (Å²) >= 11 is 0.